The summed E-state index contributed by atoms with van der Waals surface area (Å²) in [5.41, 5.74) is 9.24. The molecule has 0 saturated carbocycles. The highest BCUT2D eigenvalue weighted by Crippen LogP contribution is 2.33. The summed E-state index contributed by atoms with van der Waals surface area (Å²) in [6.07, 6.45) is 2.97. The topological polar surface area (TPSA) is 166 Å². The molecule has 2 aromatic carbocycles. The summed E-state index contributed by atoms with van der Waals surface area (Å²) in [4.78, 5) is 49.1. The van der Waals surface area contributed by atoms with Crippen LogP contribution in [0.25, 0.3) is 11.0 Å². The van der Waals surface area contributed by atoms with Crippen LogP contribution in [0.5, 0.6) is 0 Å². The van der Waals surface area contributed by atoms with Gasteiger partial charge in [-0.05, 0) is 88.4 Å². The zero-order valence-electron chi connectivity index (χ0n) is 24.8. The molecule has 0 bridgehead atoms. The monoisotopic (exact) mass is 575 g/mol. The molecule has 1 saturated heterocycles. The number of H-pyrrole nitrogens is 1. The number of carbonyl (C=O) groups excluding carboxylic acids is 3. The van der Waals surface area contributed by atoms with E-state index < -0.39 is 17.4 Å². The first-order valence-electron chi connectivity index (χ1n) is 14.4. The number of rotatable bonds is 12. The van der Waals surface area contributed by atoms with Crippen LogP contribution in [0, 0.1) is 12.3 Å². The summed E-state index contributed by atoms with van der Waals surface area (Å²) in [5.74, 6) is -0.320. The van der Waals surface area contributed by atoms with Crippen LogP contribution >= 0.6 is 0 Å². The van der Waals surface area contributed by atoms with Crippen molar-refractivity contribution in [2.75, 3.05) is 31.6 Å². The van der Waals surface area contributed by atoms with E-state index in [4.69, 9.17) is 20.9 Å². The lowest BCUT2D eigenvalue weighted by atomic mass is 9.77. The molecule has 42 heavy (non-hydrogen) atoms. The van der Waals surface area contributed by atoms with Crippen LogP contribution in [-0.2, 0) is 31.1 Å². The Bertz CT molecular complexity index is 1460. The summed E-state index contributed by atoms with van der Waals surface area (Å²) in [6.45, 7) is 8.87. The lowest BCUT2D eigenvalue weighted by Crippen LogP contribution is -2.55. The van der Waals surface area contributed by atoms with Gasteiger partial charge in [0.2, 0.25) is 5.91 Å². The number of nitrogens with zero attached hydrogens (tertiary/aromatic N) is 2. The minimum Gasteiger partial charge on any atom is -0.464 e. The quantitative estimate of drug-likeness (QED) is 0.0950. The van der Waals surface area contributed by atoms with Gasteiger partial charge in [-0.2, -0.15) is 0 Å². The molecule has 224 valence electrons. The first kappa shape index (κ1) is 30.7. The molecular weight excluding hydrogens is 534 g/mol. The Hall–Kier alpha value is -4.25. The number of nitrogens with one attached hydrogen (secondary N) is 4. The maximum Gasteiger partial charge on any atom is 0.330 e. The van der Waals surface area contributed by atoms with Gasteiger partial charge in [-0.25, -0.2) is 9.78 Å². The highest BCUT2D eigenvalue weighted by Gasteiger charge is 2.41. The second-order valence-corrected chi connectivity index (χ2v) is 11.0. The van der Waals surface area contributed by atoms with E-state index in [1.807, 2.05) is 43.0 Å². The number of carbonyl (C=O) groups is 3. The Morgan fingerprint density at radius 3 is 2.45 bits per heavy atom. The van der Waals surface area contributed by atoms with E-state index in [0.29, 0.717) is 25.2 Å². The number of piperidine rings is 1. The molecule has 1 fully saturated rings. The van der Waals surface area contributed by atoms with Crippen molar-refractivity contribution in [1.82, 2.24) is 20.2 Å². The summed E-state index contributed by atoms with van der Waals surface area (Å²) in [6, 6.07) is 9.99. The fraction of sp³-hybridized carbons (Fsp3) is 0.452. The number of fused-ring (bicyclic) bond motifs is 1. The highest BCUT2D eigenvalue weighted by atomic mass is 16.5. The number of imidazole rings is 1. The molecule has 2 atom stereocenters. The standard InChI is InChI=1S/C31H41N7O4/c1-5-42-29(40)27(20(3)39)35-18-31(4,30(41)38-15-7-6-8-16-38)23-13-14-24-26(19(23)2)37-25(36-24)17-34-22-11-9-21(10-12-22)28(32)33/h9-14,27,34-35H,5-8,15-18H2,1-4H3,(H3,32,33)(H,36,37). The second-order valence-electron chi connectivity index (χ2n) is 11.0. The first-order valence-corrected chi connectivity index (χ1v) is 14.4. The van der Waals surface area contributed by atoms with Gasteiger partial charge in [-0.15, -0.1) is 0 Å². The van der Waals surface area contributed by atoms with Gasteiger partial charge >= 0.3 is 5.97 Å². The summed E-state index contributed by atoms with van der Waals surface area (Å²) in [5, 5.41) is 13.9. The number of benzene rings is 2. The number of aromatic amines is 1. The van der Waals surface area contributed by atoms with Crippen LogP contribution < -0.4 is 16.4 Å². The smallest absolute Gasteiger partial charge is 0.330 e. The van der Waals surface area contributed by atoms with Crippen LogP contribution in [0.1, 0.15) is 62.5 Å². The minimum absolute atomic E-state index is 0.0174. The lowest BCUT2D eigenvalue weighted by Gasteiger charge is -2.38. The van der Waals surface area contributed by atoms with Gasteiger partial charge < -0.3 is 25.7 Å². The largest absolute Gasteiger partial charge is 0.464 e. The molecule has 0 aliphatic carbocycles. The Morgan fingerprint density at radius 2 is 1.83 bits per heavy atom. The SMILES string of the molecule is CCOC(=O)C(NCC(C)(C(=O)N1CCCCC1)c1ccc2[nH]c(CNc3ccc(C(=N)N)cc3)nc2c1C)C(C)=O. The Balaban J connectivity index is 1.63. The van der Waals surface area contributed by atoms with Crippen LogP contribution in [-0.4, -0.2) is 70.6 Å². The van der Waals surface area contributed by atoms with Gasteiger partial charge in [0, 0.05) is 30.9 Å². The van der Waals surface area contributed by atoms with Gasteiger partial charge in [-0.1, -0.05) is 6.07 Å². The predicted octanol–water partition coefficient (Wildman–Crippen LogP) is 3.15. The molecule has 2 unspecified atom stereocenters. The van der Waals surface area contributed by atoms with E-state index >= 15 is 0 Å². The Labute approximate surface area is 246 Å². The summed E-state index contributed by atoms with van der Waals surface area (Å²) < 4.78 is 5.12. The number of aromatic nitrogens is 2. The van der Waals surface area contributed by atoms with Gasteiger partial charge in [0.05, 0.1) is 29.6 Å². The number of nitrogens with two attached hydrogens (primary N) is 1. The summed E-state index contributed by atoms with van der Waals surface area (Å²) in [7, 11) is 0. The van der Waals surface area contributed by atoms with Crippen molar-refractivity contribution < 1.29 is 19.1 Å². The number of amidine groups is 1. The number of esters is 1. The number of hydrogen-bond donors (Lipinski definition) is 5. The molecule has 11 heteroatoms. The maximum atomic E-state index is 14.1. The van der Waals surface area contributed by atoms with E-state index in [-0.39, 0.29) is 30.7 Å². The average Bonchev–Trinajstić information content (AvgIpc) is 3.40. The van der Waals surface area contributed by atoms with Crippen molar-refractivity contribution in [3.63, 3.8) is 0 Å². The molecule has 0 spiro atoms. The summed E-state index contributed by atoms with van der Waals surface area (Å²) >= 11 is 0. The lowest BCUT2D eigenvalue weighted by molar-refractivity contribution is -0.149. The van der Waals surface area contributed by atoms with Crippen molar-refractivity contribution in [3.8, 4) is 0 Å². The zero-order chi connectivity index (χ0) is 30.4. The molecule has 6 N–H and O–H groups in total. The fourth-order valence-electron chi connectivity index (χ4n) is 5.56. The third-order valence-electron chi connectivity index (χ3n) is 7.91. The molecule has 1 aliphatic rings. The van der Waals surface area contributed by atoms with E-state index in [1.54, 1.807) is 19.1 Å². The molecule has 2 heterocycles. The predicted molar refractivity (Wildman–Crippen MR) is 163 cm³/mol. The number of Topliss-reactive ketones (excluding diaryl/α,β-unsaturated/α-hetero) is 1. The van der Waals surface area contributed by atoms with E-state index in [9.17, 15) is 14.4 Å². The Kier molecular flexibility index (Phi) is 9.62. The van der Waals surface area contributed by atoms with Gasteiger partial charge in [0.1, 0.15) is 11.7 Å². The third-order valence-corrected chi connectivity index (χ3v) is 7.91. The zero-order valence-corrected chi connectivity index (χ0v) is 24.8. The molecule has 1 amide bonds. The number of ketones is 1. The number of likely N-dealkylation sites (tertiary alicyclic amines) is 1. The molecule has 1 aliphatic heterocycles. The molecule has 1 aromatic heterocycles. The number of nitrogen functional groups attached to an aromatic ring is 1. The van der Waals surface area contributed by atoms with Crippen molar-refractivity contribution >= 4 is 40.2 Å². The molecule has 11 nitrogen and oxygen atoms in total. The van der Waals surface area contributed by atoms with Crippen LogP contribution in [0.4, 0.5) is 5.69 Å². The van der Waals surface area contributed by atoms with E-state index in [2.05, 4.69) is 15.6 Å². The van der Waals surface area contributed by atoms with Crippen molar-refractivity contribution in [1.29, 1.82) is 5.41 Å². The minimum atomic E-state index is -1.16. The van der Waals surface area contributed by atoms with Gasteiger partial charge in [0.15, 0.2) is 11.8 Å². The van der Waals surface area contributed by atoms with Crippen LogP contribution in [0.2, 0.25) is 0 Å². The molecule has 3 aromatic rings. The van der Waals surface area contributed by atoms with Crippen molar-refractivity contribution in [2.45, 2.75) is 65.0 Å². The van der Waals surface area contributed by atoms with Crippen LogP contribution in [0.3, 0.4) is 0 Å². The average molecular weight is 576 g/mol. The number of ether oxygens (including phenoxy) is 1. The highest BCUT2D eigenvalue weighted by molar-refractivity contribution is 6.02. The molecule has 4 rings (SSSR count). The normalized spacial score (nSPS) is 15.6. The first-order chi connectivity index (χ1) is 20.0. The van der Waals surface area contributed by atoms with E-state index in [1.165, 1.54) is 6.92 Å². The molecule has 0 radical (unpaired) electrons. The van der Waals surface area contributed by atoms with Gasteiger partial charge in [-0.3, -0.25) is 20.3 Å². The van der Waals surface area contributed by atoms with Crippen LogP contribution in [0.15, 0.2) is 36.4 Å². The maximum absolute atomic E-state index is 14.1. The number of aryl methyl sites for hydroxylation is 1. The van der Waals surface area contributed by atoms with Gasteiger partial charge in [0.25, 0.3) is 0 Å². The Morgan fingerprint density at radius 1 is 1.14 bits per heavy atom. The number of hydrogen-bond acceptors (Lipinski definition) is 8. The fourth-order valence-corrected chi connectivity index (χ4v) is 5.56. The number of anilines is 1. The second kappa shape index (κ2) is 13.2. The third kappa shape index (κ3) is 6.62. The molecular formula is C31H41N7O4. The number of amides is 1. The van der Waals surface area contributed by atoms with E-state index in [0.717, 1.165) is 52.9 Å². The van der Waals surface area contributed by atoms with Crippen molar-refractivity contribution in [2.24, 2.45) is 5.73 Å². The van der Waals surface area contributed by atoms with Crippen molar-refractivity contribution in [3.05, 3.63) is 58.9 Å².